The van der Waals surface area contributed by atoms with Crippen LogP contribution in [0, 0.1) is 5.92 Å². The Hall–Kier alpha value is -1.26. The van der Waals surface area contributed by atoms with E-state index in [0.29, 0.717) is 23.9 Å². The Balaban J connectivity index is 2.67. The number of hydrogen-bond acceptors (Lipinski definition) is 3. The third-order valence-electron chi connectivity index (χ3n) is 2.75. The van der Waals surface area contributed by atoms with Gasteiger partial charge < -0.3 is 15.2 Å². The highest BCUT2D eigenvalue weighted by Crippen LogP contribution is 2.25. The fraction of sp³-hybridized carbons (Fsp3) is 0.500. The van der Waals surface area contributed by atoms with Crippen LogP contribution >= 0.6 is 11.6 Å². The largest absolute Gasteiger partial charge is 0.492 e. The summed E-state index contributed by atoms with van der Waals surface area (Å²) in [5, 5.41) is 12.6. The Labute approximate surface area is 118 Å². The number of carbonyl (C=O) groups is 1. The number of carboxylic acids is 1. The van der Waals surface area contributed by atoms with Crippen LogP contribution in [0.25, 0.3) is 0 Å². The van der Waals surface area contributed by atoms with Crippen LogP contribution in [0.4, 0.5) is 0 Å². The molecule has 1 rings (SSSR count). The second-order valence-corrected chi connectivity index (χ2v) is 5.05. The van der Waals surface area contributed by atoms with Crippen molar-refractivity contribution in [2.45, 2.75) is 33.4 Å². The van der Waals surface area contributed by atoms with Crippen molar-refractivity contribution >= 4 is 17.6 Å². The van der Waals surface area contributed by atoms with Crippen LogP contribution in [-0.2, 0) is 11.3 Å². The molecule has 0 fully saturated rings. The third kappa shape index (κ3) is 4.73. The lowest BCUT2D eigenvalue weighted by Crippen LogP contribution is -2.40. The first-order chi connectivity index (χ1) is 8.95. The molecule has 4 nitrogen and oxygen atoms in total. The zero-order chi connectivity index (χ0) is 14.4. The second kappa shape index (κ2) is 7.36. The Morgan fingerprint density at radius 2 is 2.16 bits per heavy atom. The van der Waals surface area contributed by atoms with Gasteiger partial charge in [-0.3, -0.25) is 4.79 Å². The first-order valence-corrected chi connectivity index (χ1v) is 6.71. The molecule has 0 aliphatic heterocycles. The van der Waals surface area contributed by atoms with Gasteiger partial charge in [0.2, 0.25) is 0 Å². The first-order valence-electron chi connectivity index (χ1n) is 6.33. The van der Waals surface area contributed by atoms with E-state index in [1.807, 2.05) is 26.8 Å². The maximum atomic E-state index is 11.1. The van der Waals surface area contributed by atoms with Gasteiger partial charge >= 0.3 is 5.97 Å². The summed E-state index contributed by atoms with van der Waals surface area (Å²) in [7, 11) is 0. The van der Waals surface area contributed by atoms with E-state index in [4.69, 9.17) is 21.4 Å². The third-order valence-corrected chi connectivity index (χ3v) is 3.05. The van der Waals surface area contributed by atoms with Gasteiger partial charge in [-0.25, -0.2) is 0 Å². The molecule has 0 aliphatic rings. The monoisotopic (exact) mass is 285 g/mol. The number of carboxylic acid groups (broad SMARTS) is 1. The molecule has 1 aromatic carbocycles. The lowest BCUT2D eigenvalue weighted by molar-refractivity contribution is -0.140. The molecular formula is C14H20ClNO3. The van der Waals surface area contributed by atoms with E-state index in [1.54, 1.807) is 12.1 Å². The average molecular weight is 286 g/mol. The minimum atomic E-state index is -0.841. The SMILES string of the molecule is CCOc1ccc(CNC(C(=O)O)C(C)C)cc1Cl. The molecule has 106 valence electrons. The Kier molecular flexibility index (Phi) is 6.12. The number of rotatable bonds is 7. The molecule has 0 amide bonds. The highest BCUT2D eigenvalue weighted by molar-refractivity contribution is 6.32. The maximum Gasteiger partial charge on any atom is 0.320 e. The molecule has 0 saturated carbocycles. The number of benzene rings is 1. The predicted molar refractivity (Wildman–Crippen MR) is 75.7 cm³/mol. The molecule has 0 aromatic heterocycles. The van der Waals surface area contributed by atoms with Crippen LogP contribution in [0.5, 0.6) is 5.75 Å². The molecule has 5 heteroatoms. The van der Waals surface area contributed by atoms with Gasteiger partial charge in [-0.05, 0) is 30.5 Å². The predicted octanol–water partition coefficient (Wildman–Crippen LogP) is 2.94. The summed E-state index contributed by atoms with van der Waals surface area (Å²) in [5.41, 5.74) is 0.931. The van der Waals surface area contributed by atoms with Gasteiger partial charge in [0, 0.05) is 6.54 Å². The summed E-state index contributed by atoms with van der Waals surface area (Å²) in [6.45, 7) is 6.66. The summed E-state index contributed by atoms with van der Waals surface area (Å²) in [5.74, 6) is -0.172. The van der Waals surface area contributed by atoms with Gasteiger partial charge in [-0.2, -0.15) is 0 Å². The van der Waals surface area contributed by atoms with Gasteiger partial charge in [0.15, 0.2) is 0 Å². The van der Waals surface area contributed by atoms with Crippen LogP contribution in [0.1, 0.15) is 26.3 Å². The smallest absolute Gasteiger partial charge is 0.320 e. The fourth-order valence-corrected chi connectivity index (χ4v) is 2.02. The van der Waals surface area contributed by atoms with E-state index in [2.05, 4.69) is 5.32 Å². The van der Waals surface area contributed by atoms with Crippen LogP contribution in [-0.4, -0.2) is 23.7 Å². The van der Waals surface area contributed by atoms with Gasteiger partial charge in [0.25, 0.3) is 0 Å². The van der Waals surface area contributed by atoms with Crippen molar-refractivity contribution in [3.63, 3.8) is 0 Å². The van der Waals surface area contributed by atoms with E-state index >= 15 is 0 Å². The molecule has 0 heterocycles. The lowest BCUT2D eigenvalue weighted by Gasteiger charge is -2.18. The highest BCUT2D eigenvalue weighted by Gasteiger charge is 2.20. The Morgan fingerprint density at radius 3 is 2.63 bits per heavy atom. The van der Waals surface area contributed by atoms with Gasteiger partial charge in [-0.1, -0.05) is 31.5 Å². The molecule has 1 aromatic rings. The normalized spacial score (nSPS) is 12.5. The first kappa shape index (κ1) is 15.8. The summed E-state index contributed by atoms with van der Waals surface area (Å²) in [4.78, 5) is 11.1. The van der Waals surface area contributed by atoms with Crippen molar-refractivity contribution in [1.82, 2.24) is 5.32 Å². The minimum Gasteiger partial charge on any atom is -0.492 e. The zero-order valence-electron chi connectivity index (χ0n) is 11.4. The van der Waals surface area contributed by atoms with Crippen LogP contribution in [0.2, 0.25) is 5.02 Å². The summed E-state index contributed by atoms with van der Waals surface area (Å²) < 4.78 is 5.35. The van der Waals surface area contributed by atoms with Gasteiger partial charge in [0.1, 0.15) is 11.8 Å². The summed E-state index contributed by atoms with van der Waals surface area (Å²) >= 11 is 6.08. The van der Waals surface area contributed by atoms with Crippen LogP contribution < -0.4 is 10.1 Å². The van der Waals surface area contributed by atoms with Crippen molar-refractivity contribution < 1.29 is 14.6 Å². The zero-order valence-corrected chi connectivity index (χ0v) is 12.2. The number of aliphatic carboxylic acids is 1. The number of ether oxygens (including phenoxy) is 1. The Bertz CT molecular complexity index is 435. The van der Waals surface area contributed by atoms with Crippen molar-refractivity contribution in [2.24, 2.45) is 5.92 Å². The second-order valence-electron chi connectivity index (χ2n) is 4.64. The number of halogens is 1. The molecule has 1 atom stereocenters. The van der Waals surface area contributed by atoms with Crippen molar-refractivity contribution in [2.75, 3.05) is 6.61 Å². The topological polar surface area (TPSA) is 58.6 Å². The van der Waals surface area contributed by atoms with E-state index in [9.17, 15) is 4.79 Å². The maximum absolute atomic E-state index is 11.1. The molecule has 19 heavy (non-hydrogen) atoms. The molecule has 0 spiro atoms. The van der Waals surface area contributed by atoms with Crippen LogP contribution in [0.15, 0.2) is 18.2 Å². The van der Waals surface area contributed by atoms with Crippen molar-refractivity contribution in [3.05, 3.63) is 28.8 Å². The molecule has 0 bridgehead atoms. The number of nitrogens with one attached hydrogen (secondary N) is 1. The molecule has 0 aliphatic carbocycles. The van der Waals surface area contributed by atoms with Crippen LogP contribution in [0.3, 0.4) is 0 Å². The molecule has 0 radical (unpaired) electrons. The summed E-state index contributed by atoms with van der Waals surface area (Å²) in [6, 6.07) is 4.90. The molecule has 2 N–H and O–H groups in total. The van der Waals surface area contributed by atoms with Gasteiger partial charge in [0.05, 0.1) is 11.6 Å². The minimum absolute atomic E-state index is 0.0238. The molecule has 1 unspecified atom stereocenters. The van der Waals surface area contributed by atoms with Crippen molar-refractivity contribution in [3.8, 4) is 5.75 Å². The lowest BCUT2D eigenvalue weighted by atomic mass is 10.0. The van der Waals surface area contributed by atoms with E-state index in [-0.39, 0.29) is 5.92 Å². The van der Waals surface area contributed by atoms with E-state index in [0.717, 1.165) is 5.56 Å². The van der Waals surface area contributed by atoms with Crippen molar-refractivity contribution in [1.29, 1.82) is 0 Å². The average Bonchev–Trinajstić information content (AvgIpc) is 2.32. The van der Waals surface area contributed by atoms with E-state index < -0.39 is 12.0 Å². The molecule has 0 saturated heterocycles. The standard InChI is InChI=1S/C14H20ClNO3/c1-4-19-12-6-5-10(7-11(12)15)8-16-13(9(2)3)14(17)18/h5-7,9,13,16H,4,8H2,1-3H3,(H,17,18). The highest BCUT2D eigenvalue weighted by atomic mass is 35.5. The fourth-order valence-electron chi connectivity index (χ4n) is 1.76. The Morgan fingerprint density at radius 1 is 1.47 bits per heavy atom. The van der Waals surface area contributed by atoms with E-state index in [1.165, 1.54) is 0 Å². The van der Waals surface area contributed by atoms with Gasteiger partial charge in [-0.15, -0.1) is 0 Å². The number of hydrogen-bond donors (Lipinski definition) is 2. The molecular weight excluding hydrogens is 266 g/mol. The quantitative estimate of drug-likeness (QED) is 0.809. The summed E-state index contributed by atoms with van der Waals surface area (Å²) in [6.07, 6.45) is 0.